The van der Waals surface area contributed by atoms with E-state index in [9.17, 15) is 4.39 Å². The Balaban J connectivity index is 2.54. The average Bonchev–Trinajstić information content (AvgIpc) is 2.70. The summed E-state index contributed by atoms with van der Waals surface area (Å²) >= 11 is 17.9. The highest BCUT2D eigenvalue weighted by Gasteiger charge is 2.22. The van der Waals surface area contributed by atoms with Gasteiger partial charge in [-0.2, -0.15) is 0 Å². The van der Waals surface area contributed by atoms with Gasteiger partial charge in [-0.15, -0.1) is 11.3 Å². The fourth-order valence-corrected chi connectivity index (χ4v) is 5.29. The maximum absolute atomic E-state index is 14.3. The molecule has 0 spiro atoms. The van der Waals surface area contributed by atoms with Gasteiger partial charge in [0.05, 0.1) is 18.6 Å². The summed E-state index contributed by atoms with van der Waals surface area (Å²) < 4.78 is 16.8. The molecule has 1 unspecified atom stereocenters. The van der Waals surface area contributed by atoms with E-state index in [0.717, 1.165) is 19.7 Å². The van der Waals surface area contributed by atoms with Crippen LogP contribution in [0, 0.1) is 5.82 Å². The molecule has 1 heterocycles. The third kappa shape index (κ3) is 3.65. The Bertz CT molecular complexity index is 632. The molecule has 1 aromatic heterocycles. The molecule has 0 radical (unpaired) electrons. The predicted octanol–water partition coefficient (Wildman–Crippen LogP) is 6.53. The third-order valence-electron chi connectivity index (χ3n) is 2.75. The second-order valence-corrected chi connectivity index (χ2v) is 9.07. The average molecular weight is 506 g/mol. The van der Waals surface area contributed by atoms with Crippen molar-refractivity contribution in [1.29, 1.82) is 0 Å². The van der Waals surface area contributed by atoms with Crippen LogP contribution in [0.2, 0.25) is 5.02 Å². The Labute approximate surface area is 151 Å². The van der Waals surface area contributed by atoms with Gasteiger partial charge in [-0.05, 0) is 78.1 Å². The van der Waals surface area contributed by atoms with Crippen LogP contribution >= 0.6 is 70.7 Å². The van der Waals surface area contributed by atoms with Crippen molar-refractivity contribution < 1.29 is 4.39 Å². The van der Waals surface area contributed by atoms with E-state index in [4.69, 9.17) is 11.6 Å². The van der Waals surface area contributed by atoms with Gasteiger partial charge < -0.3 is 5.32 Å². The molecule has 1 nitrogen and oxygen atoms in total. The first kappa shape index (κ1) is 16.9. The van der Waals surface area contributed by atoms with Crippen LogP contribution in [0.3, 0.4) is 0 Å². The van der Waals surface area contributed by atoms with Crippen molar-refractivity contribution >= 4 is 70.7 Å². The molecular formula is C13H10Br3ClFNS. The lowest BCUT2D eigenvalue weighted by Gasteiger charge is -2.19. The highest BCUT2D eigenvalue weighted by molar-refractivity contribution is 9.12. The monoisotopic (exact) mass is 503 g/mol. The van der Waals surface area contributed by atoms with E-state index in [1.165, 1.54) is 6.07 Å². The van der Waals surface area contributed by atoms with Gasteiger partial charge in [0.1, 0.15) is 5.82 Å². The fourth-order valence-electron chi connectivity index (χ4n) is 1.90. The van der Waals surface area contributed by atoms with E-state index in [0.29, 0.717) is 15.1 Å². The second-order valence-electron chi connectivity index (χ2n) is 4.06. The van der Waals surface area contributed by atoms with Crippen LogP contribution in [-0.4, -0.2) is 6.54 Å². The summed E-state index contributed by atoms with van der Waals surface area (Å²) in [4.78, 5) is 0. The minimum absolute atomic E-state index is 0.248. The van der Waals surface area contributed by atoms with Crippen LogP contribution < -0.4 is 5.32 Å². The second kappa shape index (κ2) is 7.20. The molecule has 1 N–H and O–H groups in total. The van der Waals surface area contributed by atoms with Gasteiger partial charge in [-0.25, -0.2) is 4.39 Å². The molecule has 108 valence electrons. The largest absolute Gasteiger partial charge is 0.306 e. The van der Waals surface area contributed by atoms with Crippen molar-refractivity contribution in [3.05, 3.63) is 52.2 Å². The van der Waals surface area contributed by atoms with E-state index >= 15 is 0 Å². The number of rotatable bonds is 4. The van der Waals surface area contributed by atoms with Crippen molar-refractivity contribution in [3.63, 3.8) is 0 Å². The Morgan fingerprint density at radius 3 is 2.50 bits per heavy atom. The number of thiophene rings is 1. The molecule has 0 amide bonds. The van der Waals surface area contributed by atoms with E-state index in [-0.39, 0.29) is 11.9 Å². The standard InChI is InChI=1S/C13H10Br3ClFNS/c1-2-19-12(7-4-11(15)20-13(7)16)6-3-9(17)8(14)5-10(6)18/h3-5,12,19H,2H2,1H3. The van der Waals surface area contributed by atoms with E-state index in [1.807, 2.05) is 13.0 Å². The van der Waals surface area contributed by atoms with Gasteiger partial charge in [0.25, 0.3) is 0 Å². The number of hydrogen-bond acceptors (Lipinski definition) is 2. The first-order valence-electron chi connectivity index (χ1n) is 5.76. The Morgan fingerprint density at radius 1 is 1.25 bits per heavy atom. The molecule has 20 heavy (non-hydrogen) atoms. The normalized spacial score (nSPS) is 12.7. The summed E-state index contributed by atoms with van der Waals surface area (Å²) in [6, 6.07) is 4.80. The molecule has 0 saturated carbocycles. The maximum Gasteiger partial charge on any atom is 0.129 e. The summed E-state index contributed by atoms with van der Waals surface area (Å²) in [6.45, 7) is 2.71. The topological polar surface area (TPSA) is 12.0 Å². The quantitative estimate of drug-likeness (QED) is 0.466. The third-order valence-corrected chi connectivity index (χ3v) is 6.34. The van der Waals surface area contributed by atoms with Gasteiger partial charge >= 0.3 is 0 Å². The number of hydrogen-bond donors (Lipinski definition) is 1. The van der Waals surface area contributed by atoms with Crippen LogP contribution in [0.1, 0.15) is 24.1 Å². The zero-order valence-electron chi connectivity index (χ0n) is 10.3. The van der Waals surface area contributed by atoms with E-state index < -0.39 is 0 Å². The minimum Gasteiger partial charge on any atom is -0.306 e. The van der Waals surface area contributed by atoms with E-state index in [2.05, 4.69) is 53.1 Å². The lowest BCUT2D eigenvalue weighted by molar-refractivity contribution is 0.558. The summed E-state index contributed by atoms with van der Waals surface area (Å²) in [5, 5.41) is 3.79. The van der Waals surface area contributed by atoms with Crippen molar-refractivity contribution in [2.24, 2.45) is 0 Å². The smallest absolute Gasteiger partial charge is 0.129 e. The molecule has 0 saturated heterocycles. The zero-order chi connectivity index (χ0) is 14.9. The minimum atomic E-state index is -0.290. The Hall–Kier alpha value is 0.540. The fraction of sp³-hybridized carbons (Fsp3) is 0.231. The Kier molecular flexibility index (Phi) is 6.09. The van der Waals surface area contributed by atoms with Crippen LogP contribution in [0.4, 0.5) is 4.39 Å². The number of nitrogens with one attached hydrogen (secondary N) is 1. The zero-order valence-corrected chi connectivity index (χ0v) is 16.6. The molecule has 1 aromatic carbocycles. The van der Waals surface area contributed by atoms with Gasteiger partial charge in [0.2, 0.25) is 0 Å². The van der Waals surface area contributed by atoms with Crippen LogP contribution in [0.15, 0.2) is 30.2 Å². The molecule has 0 fully saturated rings. The van der Waals surface area contributed by atoms with Crippen LogP contribution in [0.25, 0.3) is 0 Å². The van der Waals surface area contributed by atoms with Crippen molar-refractivity contribution in [1.82, 2.24) is 5.32 Å². The Morgan fingerprint density at radius 2 is 1.95 bits per heavy atom. The lowest BCUT2D eigenvalue weighted by Crippen LogP contribution is -2.23. The summed E-state index contributed by atoms with van der Waals surface area (Å²) in [5.74, 6) is -0.290. The number of halogens is 5. The maximum atomic E-state index is 14.3. The number of benzene rings is 1. The summed E-state index contributed by atoms with van der Waals surface area (Å²) in [5.41, 5.74) is 1.52. The van der Waals surface area contributed by atoms with Gasteiger partial charge in [-0.3, -0.25) is 0 Å². The molecule has 0 bridgehead atoms. The molecule has 0 aliphatic carbocycles. The van der Waals surface area contributed by atoms with Crippen molar-refractivity contribution in [3.8, 4) is 0 Å². The molecular weight excluding hydrogens is 496 g/mol. The first-order chi connectivity index (χ1) is 9.43. The van der Waals surface area contributed by atoms with Gasteiger partial charge in [-0.1, -0.05) is 18.5 Å². The van der Waals surface area contributed by atoms with Crippen LogP contribution in [-0.2, 0) is 0 Å². The summed E-state index contributed by atoms with van der Waals surface area (Å²) in [7, 11) is 0. The molecule has 0 aliphatic heterocycles. The molecule has 7 heteroatoms. The van der Waals surface area contributed by atoms with Gasteiger partial charge in [0.15, 0.2) is 0 Å². The SMILES string of the molecule is CCNC(c1cc(Cl)c(Br)cc1F)c1cc(Br)sc1Br. The molecule has 2 aromatic rings. The lowest BCUT2D eigenvalue weighted by atomic mass is 10.0. The van der Waals surface area contributed by atoms with Crippen molar-refractivity contribution in [2.75, 3.05) is 6.54 Å². The van der Waals surface area contributed by atoms with Crippen LogP contribution in [0.5, 0.6) is 0 Å². The summed E-state index contributed by atoms with van der Waals surface area (Å²) in [6.07, 6.45) is 0. The predicted molar refractivity (Wildman–Crippen MR) is 94.3 cm³/mol. The van der Waals surface area contributed by atoms with Gasteiger partial charge in [0, 0.05) is 10.0 Å². The van der Waals surface area contributed by atoms with Crippen molar-refractivity contribution in [2.45, 2.75) is 13.0 Å². The van der Waals surface area contributed by atoms with E-state index in [1.54, 1.807) is 17.4 Å². The first-order valence-corrected chi connectivity index (χ1v) is 9.34. The highest BCUT2D eigenvalue weighted by atomic mass is 79.9. The molecule has 1 atom stereocenters. The molecule has 0 aliphatic rings. The highest BCUT2D eigenvalue weighted by Crippen LogP contribution is 2.39. The molecule has 2 rings (SSSR count).